The molecule has 0 heterocycles. The minimum Gasteiger partial charge on any atom is -0.394 e. The third-order valence-electron chi connectivity index (χ3n) is 16.1. The molecule has 1 aliphatic rings. The van der Waals surface area contributed by atoms with Crippen molar-refractivity contribution in [2.24, 2.45) is 27.7 Å². The van der Waals surface area contributed by atoms with Gasteiger partial charge in [-0.25, -0.2) is 0 Å². The lowest BCUT2D eigenvalue weighted by atomic mass is 9.85. The fraction of sp³-hybridized carbons (Fsp3) is 0.828. The summed E-state index contributed by atoms with van der Waals surface area (Å²) in [6, 6.07) is 0.959. The number of aliphatic hydroxyl groups excluding tert-OH is 1. The minimum absolute atomic E-state index is 0.00579. The Morgan fingerprint density at radius 3 is 0.832 bits per heavy atom. The summed E-state index contributed by atoms with van der Waals surface area (Å²) in [5, 5.41) is 44.0. The van der Waals surface area contributed by atoms with Gasteiger partial charge in [0.2, 0.25) is 88.6 Å². The van der Waals surface area contributed by atoms with E-state index in [1.807, 2.05) is 83.1 Å². The SMILES string of the molecule is CC(=O)NC(C)(C)C.CC(=O)NC(C)(C)C(N)=O.CC(=O)NC(C)(C)CO.CC(=O)NC(C)C.CC(=O)NC1CCCCC1.CC(=O)N[C@@H](C)C(C)(C)C.CC(=O)N[C@H](C)C(C)(C)C.CC(=O)N[C@H](C)C(N)=O.CCC(C)(C)NC(C)=O.CCC(C)(CC)NC(C)=O.CCNC(C)=O.CC[C@@H](NC(C)=O)C(C)(C)C.COCC(C)(C)NC(C)=O. The number of nitrogens with one attached hydrogen (secondary N) is 13. The summed E-state index contributed by atoms with van der Waals surface area (Å²) in [7, 11) is 1.61. The van der Waals surface area contributed by atoms with Gasteiger partial charge >= 0.3 is 0 Å². The Bertz CT molecular complexity index is 2780. The normalized spacial score (nSPS) is 12.5. The molecule has 15 amide bonds. The van der Waals surface area contributed by atoms with Crippen molar-refractivity contribution >= 4 is 88.6 Å². The standard InChI is InChI=1S/C9H19NO.C8H15NO.3C8H17NO.C7H15NO2.C7H15NO.C6H12N2O2.C6H13NO2.C6H13NO.C5H10N2O2.C5H11NO.C4H9NO/c1-6-8(9(3,4)5)10-7(2)11;1-7(10)9-8-5-3-2-4-6-8;2*1-6(8(3,4)5)9-7(2)10;1-5-8(4,6-2)9-7(3)10;1-6(9)8-7(2,3)5-10-4;1-5-7(3,4)8-6(2)9;1-4(9)8-6(2,3)5(7)10;1-5(9)7-6(2,3)4-8;1-5(8)7-6(2,3)4;1-3(5(6)9)7-4(2)8;1-4(2)6-5(3)7;1-3-5-4(2)6/h8H,6H2,1-5H3,(H,10,11);8H,2-6H2,1H3,(H,9,10);2*6H,1-5H3,(H,9,10);5-6H2,1-4H3,(H,9,10);5H2,1-4H3,(H,8,9);5H2,1-4H3,(H,8,9);1-3H3,(H2,7,10)(H,8,9);8H,4H2,1-3H3,(H,7,9);1-4H3,(H,7,8);3H,1-2H3,(H2,6,9)(H,7,8);4H,1-3H3,(H,6,7);3H2,1-2H3,(H,5,6)/t8-;;2*6-;;;;;;;3-;;/m1.10......1../s1. The number of hydrogen-bond donors (Lipinski definition) is 16. The van der Waals surface area contributed by atoms with Crippen molar-refractivity contribution in [3.63, 3.8) is 0 Å². The van der Waals surface area contributed by atoms with E-state index in [-0.39, 0.29) is 140 Å². The average Bonchev–Trinajstić information content (AvgIpc) is 0.899. The number of ether oxygens (including phenoxy) is 1. The second kappa shape index (κ2) is 71.7. The smallest absolute Gasteiger partial charge is 0.242 e. The van der Waals surface area contributed by atoms with Gasteiger partial charge in [0.1, 0.15) is 11.6 Å². The molecule has 119 heavy (non-hydrogen) atoms. The van der Waals surface area contributed by atoms with E-state index in [1.54, 1.807) is 69.4 Å². The highest BCUT2D eigenvalue weighted by Gasteiger charge is 2.27. The number of carbonyl (C=O) groups is 15. The zero-order chi connectivity index (χ0) is 98.0. The van der Waals surface area contributed by atoms with E-state index in [0.717, 1.165) is 32.2 Å². The van der Waals surface area contributed by atoms with Crippen LogP contribution in [0.1, 0.15) is 362 Å². The summed E-state index contributed by atoms with van der Waals surface area (Å²) in [6.45, 7) is 81.8. The van der Waals surface area contributed by atoms with Gasteiger partial charge in [-0.1, -0.05) is 109 Å². The topological polar surface area (TPSA) is 494 Å². The van der Waals surface area contributed by atoms with Crippen molar-refractivity contribution in [3.05, 3.63) is 0 Å². The summed E-state index contributed by atoms with van der Waals surface area (Å²) in [5.41, 5.74) is 8.50. The summed E-state index contributed by atoms with van der Waals surface area (Å²) in [4.78, 5) is 157. The first kappa shape index (κ1) is 137. The van der Waals surface area contributed by atoms with Gasteiger partial charge < -0.3 is 90.4 Å². The molecule has 4 atom stereocenters. The molecule has 0 aliphatic heterocycles. The molecule has 0 spiro atoms. The average molecular weight is 1710 g/mol. The second-order valence-electron chi connectivity index (χ2n) is 36.6. The molecule has 0 saturated heterocycles. The van der Waals surface area contributed by atoms with Crippen molar-refractivity contribution in [2.45, 2.75) is 432 Å². The number of amides is 15. The molecule has 0 unspecified atom stereocenters. The maximum Gasteiger partial charge on any atom is 0.242 e. The molecular formula is C87H183N15O17. The van der Waals surface area contributed by atoms with Crippen molar-refractivity contribution < 1.29 is 81.8 Å². The molecule has 18 N–H and O–H groups in total. The van der Waals surface area contributed by atoms with E-state index in [9.17, 15) is 71.9 Å². The number of primary amides is 2. The Morgan fingerprint density at radius 1 is 0.378 bits per heavy atom. The van der Waals surface area contributed by atoms with Crippen LogP contribution in [-0.4, -0.2) is 190 Å². The predicted molar refractivity (Wildman–Crippen MR) is 486 cm³/mol. The van der Waals surface area contributed by atoms with E-state index >= 15 is 0 Å². The molecule has 32 nitrogen and oxygen atoms in total. The van der Waals surface area contributed by atoms with Gasteiger partial charge in [-0.2, -0.15) is 0 Å². The van der Waals surface area contributed by atoms with Gasteiger partial charge in [-0.05, 0) is 179 Å². The Kier molecular flexibility index (Phi) is 82.5. The second-order valence-corrected chi connectivity index (χ2v) is 36.6. The zero-order valence-corrected chi connectivity index (χ0v) is 83.6. The van der Waals surface area contributed by atoms with Crippen LogP contribution in [-0.2, 0) is 76.7 Å². The van der Waals surface area contributed by atoms with Crippen LogP contribution >= 0.6 is 0 Å². The molecule has 708 valence electrons. The number of methoxy groups -OCH3 is 1. The Hall–Kier alpha value is -8.03. The summed E-state index contributed by atoms with van der Waals surface area (Å²) in [5.74, 6) is -1.24. The molecule has 1 aliphatic carbocycles. The number of rotatable bonds is 21. The van der Waals surface area contributed by atoms with Crippen LogP contribution in [0.3, 0.4) is 0 Å². The van der Waals surface area contributed by atoms with E-state index in [4.69, 9.17) is 21.3 Å². The maximum absolute atomic E-state index is 10.7. The Balaban J connectivity index is -0.000000104. The molecule has 1 rings (SSSR count). The monoisotopic (exact) mass is 1710 g/mol. The van der Waals surface area contributed by atoms with Crippen molar-refractivity contribution in [3.8, 4) is 0 Å². The zero-order valence-electron chi connectivity index (χ0n) is 83.6. The first-order valence-corrected chi connectivity index (χ1v) is 41.3. The van der Waals surface area contributed by atoms with E-state index < -0.39 is 28.9 Å². The number of carbonyl (C=O) groups excluding carboxylic acids is 15. The van der Waals surface area contributed by atoms with Crippen molar-refractivity contribution in [2.75, 3.05) is 26.9 Å². The minimum atomic E-state index is -0.939. The van der Waals surface area contributed by atoms with Gasteiger partial charge in [-0.15, -0.1) is 0 Å². The largest absolute Gasteiger partial charge is 0.394 e. The Morgan fingerprint density at radius 2 is 0.706 bits per heavy atom. The Labute approximate surface area is 722 Å². The van der Waals surface area contributed by atoms with E-state index in [2.05, 4.69) is 166 Å². The third-order valence-corrected chi connectivity index (χ3v) is 16.1. The van der Waals surface area contributed by atoms with E-state index in [1.165, 1.54) is 94.4 Å². The summed E-state index contributed by atoms with van der Waals surface area (Å²) >= 11 is 0. The van der Waals surface area contributed by atoms with Crippen LogP contribution < -0.4 is 80.6 Å². The first-order chi connectivity index (χ1) is 53.0. The summed E-state index contributed by atoms with van der Waals surface area (Å²) < 4.78 is 4.89. The van der Waals surface area contributed by atoms with Crippen LogP contribution in [0.5, 0.6) is 0 Å². The fourth-order valence-corrected chi connectivity index (χ4v) is 8.62. The van der Waals surface area contributed by atoms with Gasteiger partial charge in [0.15, 0.2) is 0 Å². The highest BCUT2D eigenvalue weighted by Crippen LogP contribution is 2.22. The van der Waals surface area contributed by atoms with Crippen molar-refractivity contribution in [1.82, 2.24) is 69.1 Å². The third kappa shape index (κ3) is 121. The molecule has 0 aromatic rings. The van der Waals surface area contributed by atoms with Crippen LogP contribution in [0.2, 0.25) is 0 Å². The number of nitrogens with two attached hydrogens (primary N) is 2. The van der Waals surface area contributed by atoms with Gasteiger partial charge in [0.05, 0.1) is 24.3 Å². The number of hydrogen-bond acceptors (Lipinski definition) is 17. The molecule has 0 aromatic heterocycles. The molecule has 1 saturated carbocycles. The maximum atomic E-state index is 10.7. The van der Waals surface area contributed by atoms with Gasteiger partial charge in [-0.3, -0.25) is 71.9 Å². The van der Waals surface area contributed by atoms with Crippen LogP contribution in [0, 0.1) is 16.2 Å². The molecule has 0 radical (unpaired) electrons. The van der Waals surface area contributed by atoms with Crippen LogP contribution in [0.4, 0.5) is 0 Å². The molecular weight excluding hydrogens is 1530 g/mol. The fourth-order valence-electron chi connectivity index (χ4n) is 8.62. The van der Waals surface area contributed by atoms with E-state index in [0.29, 0.717) is 18.7 Å². The lowest BCUT2D eigenvalue weighted by Crippen LogP contribution is -2.52. The quantitative estimate of drug-likeness (QED) is 0.0508. The molecule has 0 aromatic carbocycles. The van der Waals surface area contributed by atoms with Crippen LogP contribution in [0.15, 0.2) is 0 Å². The van der Waals surface area contributed by atoms with Crippen LogP contribution in [0.25, 0.3) is 0 Å². The highest BCUT2D eigenvalue weighted by molar-refractivity contribution is 5.89. The molecule has 1 fully saturated rings. The molecule has 0 bridgehead atoms. The lowest BCUT2D eigenvalue weighted by Gasteiger charge is -2.30. The number of aliphatic hydroxyl groups is 1. The molecule has 32 heteroatoms. The predicted octanol–water partition coefficient (Wildman–Crippen LogP) is 9.95. The van der Waals surface area contributed by atoms with Gasteiger partial charge in [0, 0.05) is 150 Å². The highest BCUT2D eigenvalue weighted by atomic mass is 16.5. The van der Waals surface area contributed by atoms with Crippen molar-refractivity contribution in [1.29, 1.82) is 0 Å². The first-order valence-electron chi connectivity index (χ1n) is 41.3. The lowest BCUT2D eigenvalue weighted by molar-refractivity contribution is -0.129. The summed E-state index contributed by atoms with van der Waals surface area (Å²) in [6.07, 6.45) is 10.2. The van der Waals surface area contributed by atoms with Gasteiger partial charge in [0.25, 0.3) is 0 Å².